The highest BCUT2D eigenvalue weighted by Gasteiger charge is 2.14. The molecule has 4 nitrogen and oxygen atoms in total. The summed E-state index contributed by atoms with van der Waals surface area (Å²) in [6, 6.07) is 0. The van der Waals surface area contributed by atoms with Crippen LogP contribution in [0, 0.1) is 0 Å². The molecule has 0 saturated heterocycles. The highest BCUT2D eigenvalue weighted by molar-refractivity contribution is 5.79. The van der Waals surface area contributed by atoms with Gasteiger partial charge in [-0.25, -0.2) is 0 Å². The minimum atomic E-state index is -0.945. The fraction of sp³-hybridized carbons (Fsp3) is 0.667. The van der Waals surface area contributed by atoms with Gasteiger partial charge in [0.25, 0.3) is 0 Å². The Labute approximate surface area is 77.6 Å². The van der Waals surface area contributed by atoms with Gasteiger partial charge in [0.05, 0.1) is 12.8 Å². The van der Waals surface area contributed by atoms with Gasteiger partial charge in [-0.15, -0.1) is 0 Å². The molecular weight excluding hydrogens is 170 g/mol. The zero-order valence-corrected chi connectivity index (χ0v) is 7.69. The van der Waals surface area contributed by atoms with Crippen molar-refractivity contribution in [3.05, 3.63) is 12.3 Å². The number of carbonyl (C=O) groups is 1. The summed E-state index contributed by atoms with van der Waals surface area (Å²) < 4.78 is 5.23. The molecule has 4 heteroatoms. The summed E-state index contributed by atoms with van der Waals surface area (Å²) in [4.78, 5) is 11.0. The predicted molar refractivity (Wildman–Crippen MR) is 47.9 cm³/mol. The van der Waals surface area contributed by atoms with Crippen molar-refractivity contribution in [1.29, 1.82) is 0 Å². The lowest BCUT2D eigenvalue weighted by molar-refractivity contribution is -0.128. The number of ether oxygens (including phenoxy) is 1. The molecule has 1 amide bonds. The van der Waals surface area contributed by atoms with E-state index in [1.165, 1.54) is 6.92 Å². The van der Waals surface area contributed by atoms with Crippen LogP contribution >= 0.6 is 0 Å². The topological polar surface area (TPSA) is 58.6 Å². The van der Waals surface area contributed by atoms with E-state index in [1.54, 1.807) is 6.26 Å². The number of hydrogen-bond acceptors (Lipinski definition) is 3. The fourth-order valence-corrected chi connectivity index (χ4v) is 1.10. The van der Waals surface area contributed by atoms with Crippen molar-refractivity contribution >= 4 is 5.91 Å². The van der Waals surface area contributed by atoms with E-state index in [4.69, 9.17) is 9.84 Å². The van der Waals surface area contributed by atoms with Gasteiger partial charge in [0.15, 0.2) is 0 Å². The van der Waals surface area contributed by atoms with Gasteiger partial charge in [-0.3, -0.25) is 4.79 Å². The van der Waals surface area contributed by atoms with Gasteiger partial charge in [0.2, 0.25) is 5.91 Å². The van der Waals surface area contributed by atoms with E-state index in [9.17, 15) is 4.79 Å². The first-order chi connectivity index (χ1) is 6.20. The SMILES string of the molecule is CC(O)C(=O)NCC1CCC=CO1. The molecule has 0 spiro atoms. The molecule has 1 aliphatic rings. The zero-order valence-electron chi connectivity index (χ0n) is 7.69. The Kier molecular flexibility index (Phi) is 3.76. The van der Waals surface area contributed by atoms with Crippen LogP contribution in [0.3, 0.4) is 0 Å². The van der Waals surface area contributed by atoms with Crippen molar-refractivity contribution in [3.8, 4) is 0 Å². The molecule has 2 unspecified atom stereocenters. The summed E-state index contributed by atoms with van der Waals surface area (Å²) in [7, 11) is 0. The van der Waals surface area contributed by atoms with Crippen LogP contribution in [0.4, 0.5) is 0 Å². The molecular formula is C9H15NO3. The van der Waals surface area contributed by atoms with Crippen molar-refractivity contribution in [2.75, 3.05) is 6.54 Å². The average molecular weight is 185 g/mol. The molecule has 0 aromatic rings. The molecule has 1 rings (SSSR count). The number of aliphatic hydroxyl groups is 1. The number of hydrogen-bond donors (Lipinski definition) is 2. The molecule has 0 fully saturated rings. The lowest BCUT2D eigenvalue weighted by Crippen LogP contribution is -2.38. The van der Waals surface area contributed by atoms with Crippen molar-refractivity contribution in [2.45, 2.75) is 32.0 Å². The summed E-state index contributed by atoms with van der Waals surface area (Å²) >= 11 is 0. The van der Waals surface area contributed by atoms with E-state index in [-0.39, 0.29) is 12.0 Å². The van der Waals surface area contributed by atoms with Crippen LogP contribution in [0.25, 0.3) is 0 Å². The van der Waals surface area contributed by atoms with Gasteiger partial charge in [0, 0.05) is 0 Å². The molecule has 0 aromatic carbocycles. The van der Waals surface area contributed by atoms with E-state index in [0.29, 0.717) is 6.54 Å². The van der Waals surface area contributed by atoms with Crippen molar-refractivity contribution in [2.24, 2.45) is 0 Å². The highest BCUT2D eigenvalue weighted by atomic mass is 16.5. The van der Waals surface area contributed by atoms with E-state index < -0.39 is 6.10 Å². The third-order valence-electron chi connectivity index (χ3n) is 1.91. The summed E-state index contributed by atoms with van der Waals surface area (Å²) in [6.45, 7) is 1.91. The van der Waals surface area contributed by atoms with Gasteiger partial charge in [-0.1, -0.05) is 0 Å². The number of amides is 1. The second-order valence-electron chi connectivity index (χ2n) is 3.13. The predicted octanol–water partition coefficient (Wildman–Crippen LogP) is 0.176. The molecule has 0 radical (unpaired) electrons. The summed E-state index contributed by atoms with van der Waals surface area (Å²) in [5.41, 5.74) is 0. The van der Waals surface area contributed by atoms with E-state index in [0.717, 1.165) is 12.8 Å². The summed E-state index contributed by atoms with van der Waals surface area (Å²) in [5.74, 6) is -0.349. The molecule has 0 saturated carbocycles. The van der Waals surface area contributed by atoms with Crippen molar-refractivity contribution < 1.29 is 14.6 Å². The molecule has 2 atom stereocenters. The third-order valence-corrected chi connectivity index (χ3v) is 1.91. The van der Waals surface area contributed by atoms with Crippen LogP contribution < -0.4 is 5.32 Å². The number of carbonyl (C=O) groups excluding carboxylic acids is 1. The first kappa shape index (κ1) is 10.1. The standard InChI is InChI=1S/C9H15NO3/c1-7(11)9(12)10-6-8-4-2-3-5-13-8/h3,5,7-8,11H,2,4,6H2,1H3,(H,10,12). The molecule has 1 aliphatic heterocycles. The molecule has 0 aliphatic carbocycles. The number of allylic oxidation sites excluding steroid dienone is 1. The van der Waals surface area contributed by atoms with Crippen LogP contribution in [0.15, 0.2) is 12.3 Å². The van der Waals surface area contributed by atoms with Crippen molar-refractivity contribution in [1.82, 2.24) is 5.32 Å². The van der Waals surface area contributed by atoms with Gasteiger partial charge >= 0.3 is 0 Å². The molecule has 0 bridgehead atoms. The lowest BCUT2D eigenvalue weighted by Gasteiger charge is -2.19. The smallest absolute Gasteiger partial charge is 0.248 e. The maximum absolute atomic E-state index is 11.0. The third kappa shape index (κ3) is 3.46. The Bertz CT molecular complexity index is 201. The molecule has 74 valence electrons. The number of nitrogens with one attached hydrogen (secondary N) is 1. The van der Waals surface area contributed by atoms with E-state index >= 15 is 0 Å². The summed E-state index contributed by atoms with van der Waals surface area (Å²) in [6.07, 6.45) is 4.61. The highest BCUT2D eigenvalue weighted by Crippen LogP contribution is 2.08. The summed E-state index contributed by atoms with van der Waals surface area (Å²) in [5, 5.41) is 11.5. The number of rotatable bonds is 3. The molecule has 13 heavy (non-hydrogen) atoms. The normalized spacial score (nSPS) is 23.4. The first-order valence-electron chi connectivity index (χ1n) is 4.46. The quantitative estimate of drug-likeness (QED) is 0.659. The maximum atomic E-state index is 11.0. The molecule has 1 heterocycles. The van der Waals surface area contributed by atoms with Crippen LogP contribution in [-0.2, 0) is 9.53 Å². The van der Waals surface area contributed by atoms with Crippen LogP contribution in [0.2, 0.25) is 0 Å². The zero-order chi connectivity index (χ0) is 9.68. The Morgan fingerprint density at radius 1 is 1.85 bits per heavy atom. The van der Waals surface area contributed by atoms with Crippen LogP contribution in [-0.4, -0.2) is 29.8 Å². The Hall–Kier alpha value is -1.03. The Morgan fingerprint density at radius 2 is 2.62 bits per heavy atom. The maximum Gasteiger partial charge on any atom is 0.248 e. The lowest BCUT2D eigenvalue weighted by atomic mass is 10.1. The monoisotopic (exact) mass is 185 g/mol. The van der Waals surface area contributed by atoms with Gasteiger partial charge in [-0.05, 0) is 25.8 Å². The van der Waals surface area contributed by atoms with Crippen LogP contribution in [0.5, 0.6) is 0 Å². The fourth-order valence-electron chi connectivity index (χ4n) is 1.10. The minimum absolute atomic E-state index is 0.0488. The minimum Gasteiger partial charge on any atom is -0.497 e. The van der Waals surface area contributed by atoms with Gasteiger partial charge in [0.1, 0.15) is 12.2 Å². The Balaban J connectivity index is 2.18. The van der Waals surface area contributed by atoms with Gasteiger partial charge in [-0.2, -0.15) is 0 Å². The molecule has 0 aromatic heterocycles. The second-order valence-corrected chi connectivity index (χ2v) is 3.13. The van der Waals surface area contributed by atoms with E-state index in [1.807, 2.05) is 6.08 Å². The van der Waals surface area contributed by atoms with E-state index in [2.05, 4.69) is 5.32 Å². The van der Waals surface area contributed by atoms with Crippen molar-refractivity contribution in [3.63, 3.8) is 0 Å². The van der Waals surface area contributed by atoms with Gasteiger partial charge < -0.3 is 15.2 Å². The largest absolute Gasteiger partial charge is 0.497 e. The first-order valence-corrected chi connectivity index (χ1v) is 4.46. The second kappa shape index (κ2) is 4.87. The average Bonchev–Trinajstić information content (AvgIpc) is 2.15. The molecule has 2 N–H and O–H groups in total. The Morgan fingerprint density at radius 3 is 3.15 bits per heavy atom. The number of aliphatic hydroxyl groups excluding tert-OH is 1. The van der Waals surface area contributed by atoms with Crippen LogP contribution in [0.1, 0.15) is 19.8 Å².